The van der Waals surface area contributed by atoms with Crippen LogP contribution < -0.4 is 5.32 Å². The molecule has 2 N–H and O–H groups in total. The Morgan fingerprint density at radius 1 is 1.43 bits per heavy atom. The molecule has 0 radical (unpaired) electrons. The molecule has 0 amide bonds. The van der Waals surface area contributed by atoms with E-state index in [4.69, 9.17) is 22.2 Å². The third kappa shape index (κ3) is 5.34. The van der Waals surface area contributed by atoms with Crippen molar-refractivity contribution in [3.63, 3.8) is 0 Å². The fourth-order valence-electron chi connectivity index (χ4n) is 2.29. The molecule has 1 aromatic heterocycles. The second-order valence-electron chi connectivity index (χ2n) is 5.36. The number of halogens is 1. The lowest BCUT2D eigenvalue weighted by molar-refractivity contribution is 0.199. The van der Waals surface area contributed by atoms with Crippen molar-refractivity contribution < 1.29 is 10.6 Å². The van der Waals surface area contributed by atoms with Gasteiger partial charge in [0, 0.05) is 40.4 Å². The van der Waals surface area contributed by atoms with Crippen LogP contribution in [-0.2, 0) is 0 Å². The van der Waals surface area contributed by atoms with Gasteiger partial charge >= 0.3 is 0 Å². The quantitative estimate of drug-likeness (QED) is 0.730. The Bertz CT molecular complexity index is 775. The Balaban J connectivity index is 2.18. The molecule has 5 heteroatoms. The van der Waals surface area contributed by atoms with Crippen molar-refractivity contribution in [3.05, 3.63) is 35.5 Å². The van der Waals surface area contributed by atoms with Crippen molar-refractivity contribution in [3.8, 4) is 0 Å². The standard InChI is InChI=1S/C18H26ClN3O/c1-3-22(11-12-23)10-4-5-14(2)21-17-8-9-20-18-13-15(19)6-7-16(17)18/h6-9,13-14,23H,3-5,10-12H2,1-2H3,(H,20,21)/t14-/m0/s1/i4D2,10D2. The fraction of sp³-hybridized carbons (Fsp3) is 0.500. The Kier molecular flexibility index (Phi) is 5.12. The van der Waals surface area contributed by atoms with Crippen molar-refractivity contribution >= 4 is 28.2 Å². The summed E-state index contributed by atoms with van der Waals surface area (Å²) in [6.45, 7) is 1.54. The summed E-state index contributed by atoms with van der Waals surface area (Å²) in [7, 11) is 0. The number of hydrogen-bond donors (Lipinski definition) is 2. The lowest BCUT2D eigenvalue weighted by Gasteiger charge is -2.21. The minimum absolute atomic E-state index is 0.0423. The van der Waals surface area contributed by atoms with Gasteiger partial charge in [-0.2, -0.15) is 0 Å². The van der Waals surface area contributed by atoms with Gasteiger partial charge in [0.1, 0.15) is 0 Å². The highest BCUT2D eigenvalue weighted by molar-refractivity contribution is 6.31. The molecule has 0 saturated carbocycles. The van der Waals surface area contributed by atoms with E-state index in [2.05, 4.69) is 10.3 Å². The molecule has 1 atom stereocenters. The zero-order valence-electron chi connectivity index (χ0n) is 17.5. The molecule has 0 saturated heterocycles. The number of rotatable bonds is 9. The van der Waals surface area contributed by atoms with E-state index in [0.717, 1.165) is 16.6 Å². The first kappa shape index (κ1) is 13.0. The van der Waals surface area contributed by atoms with Crippen LogP contribution in [0, 0.1) is 0 Å². The SMILES string of the molecule is [2H]C([2H])(C[C@H](C)Nc1ccnc2cc(Cl)ccc12)C([2H])([2H])N(CC)CCO. The van der Waals surface area contributed by atoms with Gasteiger partial charge in [-0.1, -0.05) is 18.5 Å². The van der Waals surface area contributed by atoms with Gasteiger partial charge in [0.05, 0.1) is 12.1 Å². The van der Waals surface area contributed by atoms with Gasteiger partial charge < -0.3 is 15.3 Å². The molecule has 0 aliphatic carbocycles. The summed E-state index contributed by atoms with van der Waals surface area (Å²) in [6, 6.07) is 6.87. The molecule has 0 bridgehead atoms. The van der Waals surface area contributed by atoms with Gasteiger partial charge in [-0.05, 0) is 57.0 Å². The second-order valence-corrected chi connectivity index (χ2v) is 5.80. The molecule has 1 heterocycles. The minimum Gasteiger partial charge on any atom is -0.395 e. The molecule has 2 rings (SSSR count). The van der Waals surface area contributed by atoms with Crippen molar-refractivity contribution in [1.82, 2.24) is 9.88 Å². The summed E-state index contributed by atoms with van der Waals surface area (Å²) in [5.41, 5.74) is 1.53. The molecule has 4 nitrogen and oxygen atoms in total. The number of aliphatic hydroxyl groups excluding tert-OH is 1. The summed E-state index contributed by atoms with van der Waals surface area (Å²) in [4.78, 5) is 5.61. The number of pyridine rings is 1. The van der Waals surface area contributed by atoms with E-state index in [0.29, 0.717) is 11.6 Å². The molecular weight excluding hydrogens is 310 g/mol. The van der Waals surface area contributed by atoms with Crippen LogP contribution >= 0.6 is 11.6 Å². The van der Waals surface area contributed by atoms with Crippen molar-refractivity contribution in [1.29, 1.82) is 0 Å². The van der Waals surface area contributed by atoms with Crippen LogP contribution in [0.1, 0.15) is 32.1 Å². The highest BCUT2D eigenvalue weighted by atomic mass is 35.5. The number of aromatic nitrogens is 1. The highest BCUT2D eigenvalue weighted by Crippen LogP contribution is 2.25. The van der Waals surface area contributed by atoms with E-state index >= 15 is 0 Å². The Hall–Kier alpha value is -1.36. The Labute approximate surface area is 149 Å². The minimum atomic E-state index is -2.20. The summed E-state index contributed by atoms with van der Waals surface area (Å²) in [6.07, 6.45) is -0.502. The number of aliphatic hydroxyl groups is 1. The van der Waals surface area contributed by atoms with Crippen molar-refractivity contribution in [2.45, 2.75) is 32.7 Å². The second kappa shape index (κ2) is 9.06. The Morgan fingerprint density at radius 2 is 2.26 bits per heavy atom. The van der Waals surface area contributed by atoms with E-state index in [9.17, 15) is 0 Å². The molecule has 0 fully saturated rings. The predicted molar refractivity (Wildman–Crippen MR) is 98.3 cm³/mol. The molecule has 23 heavy (non-hydrogen) atoms. The number of likely N-dealkylation sites (N-methyl/N-ethyl adjacent to an activating group) is 1. The van der Waals surface area contributed by atoms with E-state index in [1.54, 1.807) is 31.3 Å². The van der Waals surface area contributed by atoms with E-state index in [1.807, 2.05) is 13.0 Å². The maximum absolute atomic E-state index is 9.14. The topological polar surface area (TPSA) is 48.4 Å². The Morgan fingerprint density at radius 3 is 3.00 bits per heavy atom. The summed E-state index contributed by atoms with van der Waals surface area (Å²) in [5.74, 6) is 0. The largest absolute Gasteiger partial charge is 0.395 e. The first-order valence-corrected chi connectivity index (χ1v) is 8.17. The summed E-state index contributed by atoms with van der Waals surface area (Å²) in [5, 5.41) is 13.9. The number of nitrogens with one attached hydrogen (secondary N) is 1. The van der Waals surface area contributed by atoms with Crippen LogP contribution in [0.3, 0.4) is 0 Å². The smallest absolute Gasteiger partial charge is 0.0737 e. The number of hydrogen-bond acceptors (Lipinski definition) is 4. The molecule has 126 valence electrons. The van der Waals surface area contributed by atoms with Crippen LogP contribution in [0.5, 0.6) is 0 Å². The van der Waals surface area contributed by atoms with E-state index < -0.39 is 12.9 Å². The first-order valence-electron chi connectivity index (χ1n) is 9.79. The number of benzene rings is 1. The predicted octanol–water partition coefficient (Wildman–Crippen LogP) is 3.78. The van der Waals surface area contributed by atoms with Crippen LogP contribution in [0.2, 0.25) is 5.02 Å². The maximum Gasteiger partial charge on any atom is 0.0737 e. The average Bonchev–Trinajstić information content (AvgIpc) is 2.58. The van der Waals surface area contributed by atoms with Crippen LogP contribution in [-0.4, -0.2) is 47.2 Å². The van der Waals surface area contributed by atoms with Gasteiger partial charge in [0.2, 0.25) is 0 Å². The van der Waals surface area contributed by atoms with E-state index in [1.165, 1.54) is 4.90 Å². The molecule has 0 aliphatic rings. The molecule has 1 aromatic carbocycles. The molecular formula is C18H26ClN3O. The van der Waals surface area contributed by atoms with Crippen molar-refractivity contribution in [2.75, 3.05) is 31.5 Å². The van der Waals surface area contributed by atoms with Crippen molar-refractivity contribution in [2.24, 2.45) is 0 Å². The maximum atomic E-state index is 9.14. The van der Waals surface area contributed by atoms with E-state index in [-0.39, 0.29) is 25.6 Å². The summed E-state index contributed by atoms with van der Waals surface area (Å²) >= 11 is 6.01. The zero-order valence-corrected chi connectivity index (χ0v) is 14.3. The van der Waals surface area contributed by atoms with Crippen LogP contribution in [0.15, 0.2) is 30.5 Å². The van der Waals surface area contributed by atoms with Crippen LogP contribution in [0.4, 0.5) is 5.69 Å². The third-order valence-corrected chi connectivity index (χ3v) is 3.74. The lowest BCUT2D eigenvalue weighted by Crippen LogP contribution is -2.28. The lowest BCUT2D eigenvalue weighted by atomic mass is 10.1. The van der Waals surface area contributed by atoms with Gasteiger partial charge in [-0.3, -0.25) is 4.98 Å². The highest BCUT2D eigenvalue weighted by Gasteiger charge is 2.08. The molecule has 0 spiro atoms. The zero-order chi connectivity index (χ0) is 20.2. The van der Waals surface area contributed by atoms with Gasteiger partial charge in [-0.25, -0.2) is 0 Å². The monoisotopic (exact) mass is 339 g/mol. The molecule has 0 aliphatic heterocycles. The normalized spacial score (nSPS) is 16.6. The first-order chi connectivity index (χ1) is 12.6. The number of fused-ring (bicyclic) bond motifs is 1. The number of anilines is 1. The van der Waals surface area contributed by atoms with Gasteiger partial charge in [-0.15, -0.1) is 0 Å². The van der Waals surface area contributed by atoms with Crippen LogP contribution in [0.25, 0.3) is 10.9 Å². The third-order valence-electron chi connectivity index (χ3n) is 3.50. The fourth-order valence-corrected chi connectivity index (χ4v) is 2.45. The molecule has 0 unspecified atom stereocenters. The molecule has 2 aromatic rings. The van der Waals surface area contributed by atoms with Gasteiger partial charge in [0.25, 0.3) is 0 Å². The average molecular weight is 340 g/mol. The summed E-state index contributed by atoms with van der Waals surface area (Å²) < 4.78 is 33.2. The van der Waals surface area contributed by atoms with Gasteiger partial charge in [0.15, 0.2) is 0 Å². The number of nitrogens with zero attached hydrogens (tertiary/aromatic N) is 2.